The van der Waals surface area contributed by atoms with Gasteiger partial charge in [-0.2, -0.15) is 0 Å². The second-order valence-electron chi connectivity index (χ2n) is 4.41. The number of carbonyl (C=O) groups is 1. The summed E-state index contributed by atoms with van der Waals surface area (Å²) in [5, 5.41) is 0. The molecule has 0 saturated carbocycles. The Morgan fingerprint density at radius 2 is 1.83 bits per heavy atom. The van der Waals surface area contributed by atoms with E-state index in [9.17, 15) is 4.79 Å². The number of hydrogen-bond acceptors (Lipinski definition) is 2. The molecule has 98 valence electrons. The minimum atomic E-state index is -0.600. The molecule has 4 heteroatoms. The predicted octanol–water partition coefficient (Wildman–Crippen LogP) is 4.64. The van der Waals surface area contributed by atoms with E-state index in [4.69, 9.17) is 4.74 Å². The highest BCUT2D eigenvalue weighted by molar-refractivity contribution is 14.1. The van der Waals surface area contributed by atoms with Crippen molar-refractivity contribution in [2.24, 2.45) is 0 Å². The summed E-state index contributed by atoms with van der Waals surface area (Å²) in [6.07, 6.45) is 0.724. The largest absolute Gasteiger partial charge is 0.451 e. The molecule has 0 aliphatic heterocycles. The monoisotopic (exact) mass is 470 g/mol. The van der Waals surface area contributed by atoms with Crippen LogP contribution in [-0.4, -0.2) is 5.97 Å². The summed E-state index contributed by atoms with van der Waals surface area (Å²) in [5.74, 6) is -0.340. The molecule has 0 radical (unpaired) electrons. The van der Waals surface area contributed by atoms with Crippen molar-refractivity contribution in [1.82, 2.24) is 0 Å². The van der Waals surface area contributed by atoms with Gasteiger partial charge in [-0.05, 0) is 89.2 Å². The van der Waals surface area contributed by atoms with Gasteiger partial charge in [-0.1, -0.05) is 13.5 Å². The zero-order valence-corrected chi connectivity index (χ0v) is 15.0. The minimum Gasteiger partial charge on any atom is -0.451 e. The SMILES string of the molecule is C=C(C)C(=O)OC(C)(CC)c1cc(I)cc(I)c1. The smallest absolute Gasteiger partial charge is 0.333 e. The number of rotatable bonds is 4. The van der Waals surface area contributed by atoms with Gasteiger partial charge in [0.15, 0.2) is 0 Å². The van der Waals surface area contributed by atoms with E-state index in [2.05, 4.69) is 70.0 Å². The molecule has 1 unspecified atom stereocenters. The molecule has 1 aromatic rings. The Bertz CT molecular complexity index is 462. The molecule has 0 aromatic heterocycles. The van der Waals surface area contributed by atoms with Gasteiger partial charge in [-0.15, -0.1) is 0 Å². The van der Waals surface area contributed by atoms with E-state index in [0.717, 1.165) is 19.1 Å². The maximum absolute atomic E-state index is 11.7. The molecule has 0 spiro atoms. The third-order valence-corrected chi connectivity index (χ3v) is 4.06. The molecule has 0 aliphatic carbocycles. The zero-order valence-electron chi connectivity index (χ0n) is 10.7. The topological polar surface area (TPSA) is 26.3 Å². The average Bonchev–Trinajstić information content (AvgIpc) is 2.27. The van der Waals surface area contributed by atoms with Crippen molar-refractivity contribution in [3.8, 4) is 0 Å². The van der Waals surface area contributed by atoms with Crippen LogP contribution in [0.2, 0.25) is 0 Å². The maximum atomic E-state index is 11.7. The first kappa shape index (κ1) is 15.9. The van der Waals surface area contributed by atoms with Crippen LogP contribution in [0.5, 0.6) is 0 Å². The predicted molar refractivity (Wildman–Crippen MR) is 90.4 cm³/mol. The van der Waals surface area contributed by atoms with Crippen LogP contribution in [0.1, 0.15) is 32.8 Å². The molecule has 0 amide bonds. The van der Waals surface area contributed by atoms with Gasteiger partial charge < -0.3 is 4.74 Å². The van der Waals surface area contributed by atoms with Gasteiger partial charge in [0, 0.05) is 12.7 Å². The van der Waals surface area contributed by atoms with E-state index in [1.165, 1.54) is 0 Å². The lowest BCUT2D eigenvalue weighted by atomic mass is 9.93. The van der Waals surface area contributed by atoms with Gasteiger partial charge in [0.2, 0.25) is 0 Å². The normalized spacial score (nSPS) is 13.8. The lowest BCUT2D eigenvalue weighted by Crippen LogP contribution is -2.29. The molecule has 0 N–H and O–H groups in total. The molecule has 0 fully saturated rings. The van der Waals surface area contributed by atoms with Crippen LogP contribution in [0.15, 0.2) is 30.4 Å². The van der Waals surface area contributed by atoms with E-state index in [0.29, 0.717) is 5.57 Å². The summed E-state index contributed by atoms with van der Waals surface area (Å²) >= 11 is 4.54. The molecule has 1 aromatic carbocycles. The molecule has 0 aliphatic rings. The lowest BCUT2D eigenvalue weighted by Gasteiger charge is -2.29. The van der Waals surface area contributed by atoms with Crippen molar-refractivity contribution >= 4 is 51.2 Å². The second kappa shape index (κ2) is 6.36. The highest BCUT2D eigenvalue weighted by Gasteiger charge is 2.29. The van der Waals surface area contributed by atoms with Gasteiger partial charge in [0.1, 0.15) is 5.60 Å². The van der Waals surface area contributed by atoms with Crippen molar-refractivity contribution in [3.05, 3.63) is 43.1 Å². The lowest BCUT2D eigenvalue weighted by molar-refractivity contribution is -0.154. The molecule has 0 heterocycles. The van der Waals surface area contributed by atoms with Crippen LogP contribution in [-0.2, 0) is 15.1 Å². The quantitative estimate of drug-likeness (QED) is 0.365. The van der Waals surface area contributed by atoms with E-state index >= 15 is 0 Å². The fourth-order valence-corrected chi connectivity index (χ4v) is 3.42. The minimum absolute atomic E-state index is 0.340. The summed E-state index contributed by atoms with van der Waals surface area (Å²) < 4.78 is 7.88. The Morgan fingerprint density at radius 1 is 1.33 bits per heavy atom. The number of carbonyl (C=O) groups excluding carboxylic acids is 1. The highest BCUT2D eigenvalue weighted by atomic mass is 127. The number of benzene rings is 1. The Morgan fingerprint density at radius 3 is 2.22 bits per heavy atom. The van der Waals surface area contributed by atoms with E-state index in [1.54, 1.807) is 6.92 Å². The van der Waals surface area contributed by atoms with E-state index < -0.39 is 5.60 Å². The van der Waals surface area contributed by atoms with Crippen LogP contribution < -0.4 is 0 Å². The standard InChI is InChI=1S/C14H16I2O2/c1-5-14(4,18-13(17)9(2)3)10-6-11(15)8-12(16)7-10/h6-8H,2,5H2,1,3-4H3. The van der Waals surface area contributed by atoms with Gasteiger partial charge in [-0.3, -0.25) is 0 Å². The molecular weight excluding hydrogens is 454 g/mol. The third-order valence-electron chi connectivity index (χ3n) is 2.81. The Kier molecular flexibility index (Phi) is 5.64. The first-order chi connectivity index (χ1) is 8.28. The molecule has 18 heavy (non-hydrogen) atoms. The van der Waals surface area contributed by atoms with Crippen LogP contribution in [0.4, 0.5) is 0 Å². The molecule has 0 bridgehead atoms. The first-order valence-electron chi connectivity index (χ1n) is 5.64. The van der Waals surface area contributed by atoms with Crippen molar-refractivity contribution < 1.29 is 9.53 Å². The van der Waals surface area contributed by atoms with Gasteiger partial charge in [0.25, 0.3) is 0 Å². The summed E-state index contributed by atoms with van der Waals surface area (Å²) in [6.45, 7) is 9.24. The van der Waals surface area contributed by atoms with Crippen molar-refractivity contribution in [2.45, 2.75) is 32.8 Å². The van der Waals surface area contributed by atoms with Gasteiger partial charge in [-0.25, -0.2) is 4.79 Å². The zero-order chi connectivity index (χ0) is 13.9. The van der Waals surface area contributed by atoms with Gasteiger partial charge >= 0.3 is 5.97 Å². The Balaban J connectivity index is 3.14. The molecule has 1 atom stereocenters. The second-order valence-corrected chi connectivity index (χ2v) is 6.90. The number of halogens is 2. The summed E-state index contributed by atoms with van der Waals surface area (Å²) in [5.41, 5.74) is 0.850. The molecule has 1 rings (SSSR count). The molecule has 2 nitrogen and oxygen atoms in total. The average molecular weight is 470 g/mol. The number of hydrogen-bond donors (Lipinski definition) is 0. The Labute approximate surface area is 135 Å². The number of esters is 1. The van der Waals surface area contributed by atoms with Crippen molar-refractivity contribution in [3.63, 3.8) is 0 Å². The summed E-state index contributed by atoms with van der Waals surface area (Å²) in [4.78, 5) is 11.7. The van der Waals surface area contributed by atoms with Crippen molar-refractivity contribution in [1.29, 1.82) is 0 Å². The maximum Gasteiger partial charge on any atom is 0.333 e. The van der Waals surface area contributed by atoms with Crippen LogP contribution >= 0.6 is 45.2 Å². The molecular formula is C14H16I2O2. The summed E-state index contributed by atoms with van der Waals surface area (Å²) in [7, 11) is 0. The third kappa shape index (κ3) is 3.94. The van der Waals surface area contributed by atoms with E-state index in [1.807, 2.05) is 13.8 Å². The van der Waals surface area contributed by atoms with Gasteiger partial charge in [0.05, 0.1) is 0 Å². The Hall–Kier alpha value is -0.110. The first-order valence-corrected chi connectivity index (χ1v) is 7.79. The van der Waals surface area contributed by atoms with E-state index in [-0.39, 0.29) is 5.97 Å². The van der Waals surface area contributed by atoms with Crippen LogP contribution in [0.25, 0.3) is 0 Å². The molecule has 0 saturated heterocycles. The fourth-order valence-electron chi connectivity index (χ4n) is 1.49. The number of ether oxygens (including phenoxy) is 1. The fraction of sp³-hybridized carbons (Fsp3) is 0.357. The van der Waals surface area contributed by atoms with Crippen molar-refractivity contribution in [2.75, 3.05) is 0 Å². The summed E-state index contributed by atoms with van der Waals surface area (Å²) in [6, 6.07) is 6.19. The highest BCUT2D eigenvalue weighted by Crippen LogP contribution is 2.32. The van der Waals surface area contributed by atoms with Crippen LogP contribution in [0.3, 0.4) is 0 Å². The van der Waals surface area contributed by atoms with Crippen LogP contribution in [0, 0.1) is 7.14 Å².